The number of carbonyl (C=O) groups is 2. The molecule has 0 bridgehead atoms. The van der Waals surface area contributed by atoms with E-state index in [0.29, 0.717) is 32.7 Å². The molecule has 4 aromatic rings. The summed E-state index contributed by atoms with van der Waals surface area (Å²) in [5.41, 5.74) is 0.954. The number of esters is 1. The van der Waals surface area contributed by atoms with Crippen molar-refractivity contribution in [3.63, 3.8) is 0 Å². The van der Waals surface area contributed by atoms with Gasteiger partial charge in [0.15, 0.2) is 11.6 Å². The summed E-state index contributed by atoms with van der Waals surface area (Å²) in [6.45, 7) is 1.59. The summed E-state index contributed by atoms with van der Waals surface area (Å²) in [7, 11) is 0. The number of hydrogen-bond acceptors (Lipinski definition) is 7. The largest absolute Gasteiger partial charge is 0.484 e. The molecule has 0 atom stereocenters. The minimum Gasteiger partial charge on any atom is -0.484 e. The van der Waals surface area contributed by atoms with Gasteiger partial charge < -0.3 is 14.8 Å². The van der Waals surface area contributed by atoms with E-state index in [1.165, 1.54) is 33.9 Å². The van der Waals surface area contributed by atoms with Crippen molar-refractivity contribution in [2.24, 2.45) is 0 Å². The molecule has 0 saturated carbocycles. The van der Waals surface area contributed by atoms with Crippen molar-refractivity contribution < 1.29 is 19.1 Å². The number of hydrogen-bond donors (Lipinski definition) is 1. The molecule has 33 heavy (non-hydrogen) atoms. The predicted molar refractivity (Wildman–Crippen MR) is 125 cm³/mol. The van der Waals surface area contributed by atoms with Crippen LogP contribution in [-0.2, 0) is 16.1 Å². The van der Waals surface area contributed by atoms with E-state index in [0.717, 1.165) is 4.88 Å². The van der Waals surface area contributed by atoms with Crippen molar-refractivity contribution in [1.82, 2.24) is 9.38 Å². The molecule has 0 radical (unpaired) electrons. The Balaban J connectivity index is 1.30. The van der Waals surface area contributed by atoms with Gasteiger partial charge in [-0.1, -0.05) is 11.6 Å². The van der Waals surface area contributed by atoms with Crippen LogP contribution in [0.5, 0.6) is 5.75 Å². The number of ether oxygens (including phenoxy) is 2. The van der Waals surface area contributed by atoms with Crippen molar-refractivity contribution in [3.8, 4) is 5.75 Å². The molecule has 2 heterocycles. The smallest absolute Gasteiger partial charge is 0.338 e. The van der Waals surface area contributed by atoms with E-state index in [1.807, 2.05) is 6.92 Å². The Kier molecular flexibility index (Phi) is 6.71. The maximum absolute atomic E-state index is 12.3. The maximum atomic E-state index is 12.3. The number of aromatic nitrogens is 2. The number of halogens is 1. The van der Waals surface area contributed by atoms with Crippen LogP contribution in [0.1, 0.15) is 20.9 Å². The molecule has 1 amide bonds. The van der Waals surface area contributed by atoms with Gasteiger partial charge >= 0.3 is 5.97 Å². The number of nitrogens with one attached hydrogen (secondary N) is 1. The zero-order valence-corrected chi connectivity index (χ0v) is 19.0. The molecule has 0 aliphatic carbocycles. The summed E-state index contributed by atoms with van der Waals surface area (Å²) in [4.78, 5) is 42.4. The fourth-order valence-electron chi connectivity index (χ4n) is 2.92. The second-order valence-electron chi connectivity index (χ2n) is 7.02. The number of fused-ring (bicyclic) bond motifs is 1. The summed E-state index contributed by atoms with van der Waals surface area (Å²) in [6, 6.07) is 14.3. The Morgan fingerprint density at radius 1 is 1.12 bits per heavy atom. The van der Waals surface area contributed by atoms with Crippen LogP contribution in [-0.4, -0.2) is 27.9 Å². The number of benzene rings is 2. The average molecular weight is 484 g/mol. The minimum atomic E-state index is -0.566. The Labute approximate surface area is 197 Å². The monoisotopic (exact) mass is 483 g/mol. The fraction of sp³-hybridized carbons (Fsp3) is 0.130. The van der Waals surface area contributed by atoms with Gasteiger partial charge in [-0.05, 0) is 55.5 Å². The summed E-state index contributed by atoms with van der Waals surface area (Å²) in [5.74, 6) is -0.390. The highest BCUT2D eigenvalue weighted by atomic mass is 35.5. The lowest BCUT2D eigenvalue weighted by Gasteiger charge is -2.08. The lowest BCUT2D eigenvalue weighted by Crippen LogP contribution is -2.20. The van der Waals surface area contributed by atoms with E-state index in [1.54, 1.807) is 42.6 Å². The number of amides is 1. The number of nitrogens with zero attached hydrogens (tertiary/aromatic N) is 2. The molecule has 0 aliphatic rings. The highest BCUT2D eigenvalue weighted by Gasteiger charge is 2.11. The van der Waals surface area contributed by atoms with Gasteiger partial charge in [0.1, 0.15) is 12.4 Å². The second-order valence-corrected chi connectivity index (χ2v) is 8.67. The summed E-state index contributed by atoms with van der Waals surface area (Å²) < 4.78 is 12.1. The Morgan fingerprint density at radius 3 is 2.58 bits per heavy atom. The third-order valence-corrected chi connectivity index (χ3v) is 5.63. The highest BCUT2D eigenvalue weighted by molar-refractivity contribution is 7.16. The number of anilines is 1. The van der Waals surface area contributed by atoms with Crippen LogP contribution in [0.25, 0.3) is 4.96 Å². The molecule has 1 N–H and O–H groups in total. The van der Waals surface area contributed by atoms with Gasteiger partial charge in [-0.2, -0.15) is 0 Å². The number of carbonyl (C=O) groups excluding carboxylic acids is 2. The van der Waals surface area contributed by atoms with E-state index in [-0.39, 0.29) is 24.7 Å². The van der Waals surface area contributed by atoms with Gasteiger partial charge in [0.25, 0.3) is 11.5 Å². The van der Waals surface area contributed by atoms with Gasteiger partial charge in [0.2, 0.25) is 0 Å². The molecule has 0 unspecified atom stereocenters. The summed E-state index contributed by atoms with van der Waals surface area (Å²) in [6.07, 6.45) is 1.72. The molecule has 2 aromatic heterocycles. The fourth-order valence-corrected chi connectivity index (χ4v) is 3.90. The zero-order chi connectivity index (χ0) is 23.4. The molecule has 4 rings (SSSR count). The molecule has 0 saturated heterocycles. The van der Waals surface area contributed by atoms with Crippen molar-refractivity contribution >= 4 is 45.5 Å². The van der Waals surface area contributed by atoms with Gasteiger partial charge in [-0.15, -0.1) is 11.3 Å². The molecule has 8 nitrogen and oxygen atoms in total. The number of thiazole rings is 1. The lowest BCUT2D eigenvalue weighted by atomic mass is 10.2. The maximum Gasteiger partial charge on any atom is 0.338 e. The van der Waals surface area contributed by atoms with Crippen LogP contribution >= 0.6 is 22.9 Å². The quantitative estimate of drug-likeness (QED) is 0.397. The van der Waals surface area contributed by atoms with Crippen molar-refractivity contribution in [2.45, 2.75) is 13.5 Å². The Morgan fingerprint density at radius 2 is 1.85 bits per heavy atom. The lowest BCUT2D eigenvalue weighted by molar-refractivity contribution is -0.118. The van der Waals surface area contributed by atoms with E-state index < -0.39 is 5.97 Å². The van der Waals surface area contributed by atoms with Gasteiger partial charge in [0, 0.05) is 27.9 Å². The molecular weight excluding hydrogens is 466 g/mol. The first-order chi connectivity index (χ1) is 15.9. The van der Waals surface area contributed by atoms with Gasteiger partial charge in [-0.3, -0.25) is 14.0 Å². The summed E-state index contributed by atoms with van der Waals surface area (Å²) in [5, 5.41) is 3.26. The van der Waals surface area contributed by atoms with Crippen LogP contribution in [0.4, 0.5) is 5.69 Å². The van der Waals surface area contributed by atoms with Crippen molar-refractivity contribution in [2.75, 3.05) is 11.9 Å². The first kappa shape index (κ1) is 22.5. The average Bonchev–Trinajstić information content (AvgIpc) is 3.18. The molecular formula is C23H18ClN3O5S. The molecule has 168 valence electrons. The van der Waals surface area contributed by atoms with E-state index in [4.69, 9.17) is 21.1 Å². The first-order valence-corrected chi connectivity index (χ1v) is 11.0. The molecule has 0 fully saturated rings. The standard InChI is InChI=1S/C23H18ClN3O5S/c1-14-11-27-21(29)10-18(26-23(27)33-14)12-32-22(30)15-2-6-17(7-3-15)25-20(28)13-31-19-8-4-16(24)5-9-19/h2-11H,12-13H2,1H3,(H,25,28). The van der Waals surface area contributed by atoms with Crippen LogP contribution < -0.4 is 15.6 Å². The van der Waals surface area contributed by atoms with Crippen LogP contribution in [0.3, 0.4) is 0 Å². The van der Waals surface area contributed by atoms with Gasteiger partial charge in [0.05, 0.1) is 11.3 Å². The molecule has 0 aliphatic heterocycles. The van der Waals surface area contributed by atoms with E-state index in [2.05, 4.69) is 10.3 Å². The van der Waals surface area contributed by atoms with Crippen molar-refractivity contribution in [3.05, 3.63) is 92.3 Å². The van der Waals surface area contributed by atoms with Crippen molar-refractivity contribution in [1.29, 1.82) is 0 Å². The Bertz CT molecular complexity index is 1360. The highest BCUT2D eigenvalue weighted by Crippen LogP contribution is 2.16. The summed E-state index contributed by atoms with van der Waals surface area (Å²) >= 11 is 7.19. The third kappa shape index (κ3) is 5.76. The topological polar surface area (TPSA) is 99.0 Å². The molecule has 10 heteroatoms. The van der Waals surface area contributed by atoms with Gasteiger partial charge in [-0.25, -0.2) is 9.78 Å². The van der Waals surface area contributed by atoms with Crippen LogP contribution in [0.2, 0.25) is 5.02 Å². The van der Waals surface area contributed by atoms with Crippen LogP contribution in [0.15, 0.2) is 65.6 Å². The first-order valence-electron chi connectivity index (χ1n) is 9.81. The number of rotatable bonds is 7. The Hall–Kier alpha value is -3.69. The zero-order valence-electron chi connectivity index (χ0n) is 17.4. The van der Waals surface area contributed by atoms with E-state index >= 15 is 0 Å². The molecule has 0 spiro atoms. The number of aryl methyl sites for hydroxylation is 1. The van der Waals surface area contributed by atoms with E-state index in [9.17, 15) is 14.4 Å². The second kappa shape index (κ2) is 9.85. The normalized spacial score (nSPS) is 10.7. The molecule has 2 aromatic carbocycles. The minimum absolute atomic E-state index is 0.123. The SMILES string of the molecule is Cc1cn2c(=O)cc(COC(=O)c3ccc(NC(=O)COc4ccc(Cl)cc4)cc3)nc2s1. The third-order valence-electron chi connectivity index (χ3n) is 4.48. The van der Waals surface area contributed by atoms with Crippen LogP contribution in [0, 0.1) is 6.92 Å². The predicted octanol–water partition coefficient (Wildman–Crippen LogP) is 4.09.